The van der Waals surface area contributed by atoms with Gasteiger partial charge >= 0.3 is 5.97 Å². The van der Waals surface area contributed by atoms with Crippen LogP contribution in [-0.4, -0.2) is 26.7 Å². The second kappa shape index (κ2) is 8.18. The number of hydrogen-bond acceptors (Lipinski definition) is 6. The topological polar surface area (TPSA) is 62.6 Å². The number of benzene rings is 1. The third-order valence-electron chi connectivity index (χ3n) is 3.49. The summed E-state index contributed by atoms with van der Waals surface area (Å²) in [5.74, 6) is 0.228. The summed E-state index contributed by atoms with van der Waals surface area (Å²) < 4.78 is 9.90. The van der Waals surface area contributed by atoms with E-state index in [-0.39, 0.29) is 12.1 Å². The maximum atomic E-state index is 11.7. The molecule has 0 fully saturated rings. The number of thiophene rings is 1. The van der Waals surface area contributed by atoms with Gasteiger partial charge in [-0.2, -0.15) is 5.26 Å². The molecule has 0 radical (unpaired) electrons. The van der Waals surface area contributed by atoms with Gasteiger partial charge in [-0.05, 0) is 35.7 Å². The predicted molar refractivity (Wildman–Crippen MR) is 94.2 cm³/mol. The van der Waals surface area contributed by atoms with Crippen LogP contribution in [0.25, 0.3) is 0 Å². The molecule has 0 saturated carbocycles. The van der Waals surface area contributed by atoms with E-state index in [0.717, 1.165) is 16.3 Å². The molecule has 1 heterocycles. The Kier molecular flexibility index (Phi) is 5.99. The number of rotatable bonds is 7. The first-order chi connectivity index (χ1) is 11.6. The molecule has 0 N–H and O–H groups in total. The number of carbonyl (C=O) groups is 1. The molecule has 0 bridgehead atoms. The van der Waals surface area contributed by atoms with Crippen molar-refractivity contribution in [3.8, 4) is 11.8 Å². The summed E-state index contributed by atoms with van der Waals surface area (Å²) in [6.07, 6.45) is 0. The normalized spacial score (nSPS) is 11.2. The van der Waals surface area contributed by atoms with E-state index in [1.807, 2.05) is 46.7 Å². The van der Waals surface area contributed by atoms with Crippen LogP contribution in [0.2, 0.25) is 0 Å². The maximum absolute atomic E-state index is 11.7. The number of anilines is 1. The van der Waals surface area contributed by atoms with Crippen molar-refractivity contribution in [2.24, 2.45) is 0 Å². The Bertz CT molecular complexity index is 733. The number of methoxy groups -OCH3 is 2. The minimum Gasteiger partial charge on any atom is -0.497 e. The number of ether oxygens (including phenoxy) is 2. The fraction of sp³-hybridized carbons (Fsp3) is 0.222. The second-order valence-corrected chi connectivity index (χ2v) is 5.95. The van der Waals surface area contributed by atoms with Gasteiger partial charge in [0.25, 0.3) is 0 Å². The summed E-state index contributed by atoms with van der Waals surface area (Å²) in [5.41, 5.74) is 1.07. The minimum absolute atomic E-state index is 0.190. The molecule has 1 aromatic heterocycles. The molecule has 1 atom stereocenters. The van der Waals surface area contributed by atoms with Crippen molar-refractivity contribution >= 4 is 23.0 Å². The van der Waals surface area contributed by atoms with Gasteiger partial charge in [-0.1, -0.05) is 12.6 Å². The Hall–Kier alpha value is -2.78. The van der Waals surface area contributed by atoms with E-state index in [9.17, 15) is 10.1 Å². The van der Waals surface area contributed by atoms with Crippen LogP contribution in [0.15, 0.2) is 53.9 Å². The van der Waals surface area contributed by atoms with Gasteiger partial charge < -0.3 is 14.4 Å². The van der Waals surface area contributed by atoms with Crippen LogP contribution in [0.5, 0.6) is 5.75 Å². The van der Waals surface area contributed by atoms with Crippen LogP contribution in [0.3, 0.4) is 0 Å². The summed E-state index contributed by atoms with van der Waals surface area (Å²) in [6, 6.07) is 12.9. The van der Waals surface area contributed by atoms with Crippen molar-refractivity contribution in [3.63, 3.8) is 0 Å². The average Bonchev–Trinajstić information content (AvgIpc) is 3.15. The van der Waals surface area contributed by atoms with Gasteiger partial charge in [0.1, 0.15) is 5.75 Å². The molecule has 2 aromatic rings. The number of esters is 1. The molecule has 124 valence electrons. The molecule has 0 aliphatic carbocycles. The van der Waals surface area contributed by atoms with E-state index < -0.39 is 12.0 Å². The SMILES string of the molecule is C=C(CN(c1ccc(OC)cc1)C(C#N)c1cccs1)C(=O)OC. The van der Waals surface area contributed by atoms with Gasteiger partial charge in [0.15, 0.2) is 6.04 Å². The van der Waals surface area contributed by atoms with Crippen molar-refractivity contribution < 1.29 is 14.3 Å². The Morgan fingerprint density at radius 3 is 2.54 bits per heavy atom. The zero-order valence-electron chi connectivity index (χ0n) is 13.6. The van der Waals surface area contributed by atoms with Crippen LogP contribution in [0.4, 0.5) is 5.69 Å². The molecule has 0 aliphatic heterocycles. The monoisotopic (exact) mass is 342 g/mol. The quantitative estimate of drug-likeness (QED) is 0.569. The summed E-state index contributed by atoms with van der Waals surface area (Å²) in [5, 5.41) is 11.6. The third-order valence-corrected chi connectivity index (χ3v) is 4.41. The van der Waals surface area contributed by atoms with E-state index in [2.05, 4.69) is 12.6 Å². The highest BCUT2D eigenvalue weighted by molar-refractivity contribution is 7.10. The van der Waals surface area contributed by atoms with Gasteiger partial charge in [0.05, 0.1) is 26.8 Å². The molecule has 1 aromatic carbocycles. The average molecular weight is 342 g/mol. The van der Waals surface area contributed by atoms with Crippen molar-refractivity contribution in [3.05, 3.63) is 58.8 Å². The zero-order chi connectivity index (χ0) is 17.5. The van der Waals surface area contributed by atoms with E-state index >= 15 is 0 Å². The van der Waals surface area contributed by atoms with E-state index in [1.165, 1.54) is 18.4 Å². The molecule has 24 heavy (non-hydrogen) atoms. The molecule has 0 aliphatic rings. The third kappa shape index (κ3) is 3.94. The van der Waals surface area contributed by atoms with Gasteiger partial charge in [0, 0.05) is 16.1 Å². The fourth-order valence-electron chi connectivity index (χ4n) is 2.25. The molecule has 0 amide bonds. The lowest BCUT2D eigenvalue weighted by atomic mass is 10.1. The van der Waals surface area contributed by atoms with Crippen molar-refractivity contribution in [2.45, 2.75) is 6.04 Å². The molecular weight excluding hydrogens is 324 g/mol. The molecule has 0 saturated heterocycles. The Balaban J connectivity index is 2.38. The lowest BCUT2D eigenvalue weighted by Crippen LogP contribution is -2.31. The molecule has 5 nitrogen and oxygen atoms in total. The number of nitriles is 1. The molecule has 1 unspecified atom stereocenters. The van der Waals surface area contributed by atoms with Crippen molar-refractivity contribution in [1.82, 2.24) is 0 Å². The zero-order valence-corrected chi connectivity index (χ0v) is 14.4. The Morgan fingerprint density at radius 2 is 2.04 bits per heavy atom. The first-order valence-electron chi connectivity index (χ1n) is 7.20. The second-order valence-electron chi connectivity index (χ2n) is 4.97. The molecule has 2 rings (SSSR count). The molecule has 6 heteroatoms. The maximum Gasteiger partial charge on any atom is 0.334 e. The number of carbonyl (C=O) groups excluding carboxylic acids is 1. The number of nitrogens with zero attached hydrogens (tertiary/aromatic N) is 2. The summed E-state index contributed by atoms with van der Waals surface area (Å²) in [4.78, 5) is 14.4. The Labute approximate surface area is 145 Å². The summed E-state index contributed by atoms with van der Waals surface area (Å²) >= 11 is 1.49. The van der Waals surface area contributed by atoms with E-state index in [1.54, 1.807) is 7.11 Å². The van der Waals surface area contributed by atoms with Gasteiger partial charge in [0.2, 0.25) is 0 Å². The summed E-state index contributed by atoms with van der Waals surface area (Å²) in [6.45, 7) is 3.97. The van der Waals surface area contributed by atoms with Crippen LogP contribution in [-0.2, 0) is 9.53 Å². The van der Waals surface area contributed by atoms with Crippen molar-refractivity contribution in [1.29, 1.82) is 5.26 Å². The minimum atomic E-state index is -0.528. The smallest absolute Gasteiger partial charge is 0.334 e. The van der Waals surface area contributed by atoms with Crippen LogP contribution < -0.4 is 9.64 Å². The van der Waals surface area contributed by atoms with Gasteiger partial charge in [-0.15, -0.1) is 11.3 Å². The van der Waals surface area contributed by atoms with E-state index in [4.69, 9.17) is 9.47 Å². The predicted octanol–water partition coefficient (Wildman–Crippen LogP) is 3.56. The molecule has 0 spiro atoms. The lowest BCUT2D eigenvalue weighted by molar-refractivity contribution is -0.136. The molecular formula is C18H18N2O3S. The first kappa shape index (κ1) is 17.6. The Morgan fingerprint density at radius 1 is 1.33 bits per heavy atom. The highest BCUT2D eigenvalue weighted by atomic mass is 32.1. The highest BCUT2D eigenvalue weighted by Gasteiger charge is 2.24. The highest BCUT2D eigenvalue weighted by Crippen LogP contribution is 2.31. The van der Waals surface area contributed by atoms with Crippen molar-refractivity contribution in [2.75, 3.05) is 25.7 Å². The number of hydrogen-bond donors (Lipinski definition) is 0. The lowest BCUT2D eigenvalue weighted by Gasteiger charge is -2.29. The summed E-state index contributed by atoms with van der Waals surface area (Å²) in [7, 11) is 2.90. The van der Waals surface area contributed by atoms with E-state index in [0.29, 0.717) is 0 Å². The van der Waals surface area contributed by atoms with Crippen LogP contribution in [0.1, 0.15) is 10.9 Å². The first-order valence-corrected chi connectivity index (χ1v) is 8.08. The standard InChI is InChI=1S/C18H18N2O3S/c1-13(18(21)23-3)12-20(14-6-8-15(22-2)9-7-14)16(11-19)17-5-4-10-24-17/h4-10,16H,1,12H2,2-3H3. The van der Waals surface area contributed by atoms with Gasteiger partial charge in [-0.25, -0.2) is 4.79 Å². The fourth-order valence-corrected chi connectivity index (χ4v) is 3.03. The van der Waals surface area contributed by atoms with Gasteiger partial charge in [-0.3, -0.25) is 0 Å². The largest absolute Gasteiger partial charge is 0.497 e. The van der Waals surface area contributed by atoms with Crippen LogP contribution >= 0.6 is 11.3 Å². The van der Waals surface area contributed by atoms with Crippen LogP contribution in [0, 0.1) is 11.3 Å².